The van der Waals surface area contributed by atoms with Gasteiger partial charge >= 0.3 is 12.1 Å². The molecule has 1 amide bonds. The number of allylic oxidation sites excluding steroid dienone is 2. The van der Waals surface area contributed by atoms with E-state index in [2.05, 4.69) is 6.08 Å². The normalized spacial score (nSPS) is 29.5. The van der Waals surface area contributed by atoms with E-state index in [1.807, 2.05) is 26.8 Å². The molecule has 0 aromatic heterocycles. The Balaban J connectivity index is 2.12. The van der Waals surface area contributed by atoms with Crippen molar-refractivity contribution in [2.45, 2.75) is 52.1 Å². The zero-order chi connectivity index (χ0) is 15.7. The highest BCUT2D eigenvalue weighted by Gasteiger charge is 2.51. The fourth-order valence-corrected chi connectivity index (χ4v) is 3.22. The van der Waals surface area contributed by atoms with Gasteiger partial charge in [-0.05, 0) is 52.4 Å². The lowest BCUT2D eigenvalue weighted by molar-refractivity contribution is -0.150. The number of hydrogen-bond donors (Lipinski definition) is 1. The zero-order valence-electron chi connectivity index (χ0n) is 13.1. The number of amides is 1. The summed E-state index contributed by atoms with van der Waals surface area (Å²) in [6.07, 6.45) is 7.09. The van der Waals surface area contributed by atoms with E-state index < -0.39 is 23.1 Å². The highest BCUT2D eigenvalue weighted by molar-refractivity contribution is 5.78. The number of aliphatic carboxylic acids is 1. The Kier molecular flexibility index (Phi) is 4.30. The third-order valence-corrected chi connectivity index (χ3v) is 4.34. The van der Waals surface area contributed by atoms with Gasteiger partial charge in [0.15, 0.2) is 0 Å². The molecule has 2 atom stereocenters. The predicted octanol–water partition coefficient (Wildman–Crippen LogP) is 3.05. The van der Waals surface area contributed by atoms with Crippen LogP contribution in [-0.4, -0.2) is 40.8 Å². The molecule has 1 aliphatic heterocycles. The van der Waals surface area contributed by atoms with Crippen LogP contribution < -0.4 is 0 Å². The largest absolute Gasteiger partial charge is 0.481 e. The second-order valence-electron chi connectivity index (χ2n) is 7.08. The molecule has 0 bridgehead atoms. The Labute approximate surface area is 126 Å². The quantitative estimate of drug-likeness (QED) is 0.795. The van der Waals surface area contributed by atoms with Crippen LogP contribution in [0.25, 0.3) is 0 Å². The summed E-state index contributed by atoms with van der Waals surface area (Å²) in [5.41, 5.74) is -1.41. The summed E-state index contributed by atoms with van der Waals surface area (Å²) in [6, 6.07) is 0. The van der Waals surface area contributed by atoms with Crippen molar-refractivity contribution in [1.82, 2.24) is 4.90 Å². The molecule has 2 rings (SSSR count). The highest BCUT2D eigenvalue weighted by Crippen LogP contribution is 2.43. The van der Waals surface area contributed by atoms with Crippen molar-refractivity contribution in [3.05, 3.63) is 12.2 Å². The maximum absolute atomic E-state index is 12.1. The molecular formula is C16H25NO4. The molecule has 1 aliphatic carbocycles. The Hall–Kier alpha value is -1.52. The number of likely N-dealkylation sites (tertiary alicyclic amines) is 1. The standard InChI is InChI=1S/C16H25NO4/c1-15(2,3)21-14(20)17-10-9-16(11-17,13(18)19)12-7-5-4-6-8-12/h5,7,12H,4,6,8-11H2,1-3H3,(H,18,19). The van der Waals surface area contributed by atoms with Crippen molar-refractivity contribution in [2.24, 2.45) is 11.3 Å². The van der Waals surface area contributed by atoms with Crippen molar-refractivity contribution in [2.75, 3.05) is 13.1 Å². The lowest BCUT2D eigenvalue weighted by atomic mass is 9.70. The van der Waals surface area contributed by atoms with E-state index in [0.29, 0.717) is 13.0 Å². The summed E-state index contributed by atoms with van der Waals surface area (Å²) in [6.45, 7) is 6.14. The monoisotopic (exact) mass is 295 g/mol. The molecule has 1 saturated heterocycles. The summed E-state index contributed by atoms with van der Waals surface area (Å²) in [5.74, 6) is -0.790. The summed E-state index contributed by atoms with van der Waals surface area (Å²) in [4.78, 5) is 25.6. The fraction of sp³-hybridized carbons (Fsp3) is 0.750. The first-order valence-electron chi connectivity index (χ1n) is 7.63. The van der Waals surface area contributed by atoms with Crippen molar-refractivity contribution in [1.29, 1.82) is 0 Å². The van der Waals surface area contributed by atoms with Crippen molar-refractivity contribution < 1.29 is 19.4 Å². The lowest BCUT2D eigenvalue weighted by Gasteiger charge is -2.33. The van der Waals surface area contributed by atoms with Gasteiger partial charge in [-0.1, -0.05) is 12.2 Å². The van der Waals surface area contributed by atoms with Crippen LogP contribution in [0.2, 0.25) is 0 Å². The van der Waals surface area contributed by atoms with Crippen molar-refractivity contribution in [3.63, 3.8) is 0 Å². The molecule has 0 spiro atoms. The van der Waals surface area contributed by atoms with Crippen LogP contribution in [0, 0.1) is 11.3 Å². The number of hydrogen-bond acceptors (Lipinski definition) is 3. The summed E-state index contributed by atoms with van der Waals surface area (Å²) in [7, 11) is 0. The molecule has 1 heterocycles. The average Bonchev–Trinajstić information content (AvgIpc) is 2.84. The SMILES string of the molecule is CC(C)(C)OC(=O)N1CCC(C(=O)O)(C2C=CCCC2)C1. The average molecular weight is 295 g/mol. The molecule has 1 N–H and O–H groups in total. The van der Waals surface area contributed by atoms with Gasteiger partial charge in [0.05, 0.1) is 5.41 Å². The van der Waals surface area contributed by atoms with Crippen LogP contribution in [0.1, 0.15) is 46.5 Å². The molecule has 0 aromatic rings. The van der Waals surface area contributed by atoms with Crippen LogP contribution in [0.5, 0.6) is 0 Å². The third-order valence-electron chi connectivity index (χ3n) is 4.34. The summed E-state index contributed by atoms with van der Waals surface area (Å²) >= 11 is 0. The molecule has 5 heteroatoms. The molecule has 5 nitrogen and oxygen atoms in total. The van der Waals surface area contributed by atoms with Gasteiger partial charge in [0, 0.05) is 13.1 Å². The molecule has 1 fully saturated rings. The highest BCUT2D eigenvalue weighted by atomic mass is 16.6. The fourth-order valence-electron chi connectivity index (χ4n) is 3.22. The minimum absolute atomic E-state index is 0.0104. The van der Waals surface area contributed by atoms with Crippen LogP contribution in [0.15, 0.2) is 12.2 Å². The van der Waals surface area contributed by atoms with E-state index in [-0.39, 0.29) is 12.5 Å². The molecule has 0 aromatic carbocycles. The van der Waals surface area contributed by atoms with Gasteiger partial charge in [0.1, 0.15) is 5.60 Å². The minimum Gasteiger partial charge on any atom is -0.481 e. The van der Waals surface area contributed by atoms with E-state index in [4.69, 9.17) is 4.74 Å². The molecule has 0 radical (unpaired) electrons. The molecular weight excluding hydrogens is 270 g/mol. The van der Waals surface area contributed by atoms with Gasteiger partial charge in [-0.25, -0.2) is 4.79 Å². The van der Waals surface area contributed by atoms with Gasteiger partial charge in [-0.15, -0.1) is 0 Å². The Morgan fingerprint density at radius 3 is 2.62 bits per heavy atom. The topological polar surface area (TPSA) is 66.8 Å². The van der Waals surface area contributed by atoms with Gasteiger partial charge in [0.25, 0.3) is 0 Å². The second kappa shape index (κ2) is 5.70. The number of carboxylic acids is 1. The van der Waals surface area contributed by atoms with Crippen LogP contribution in [0.3, 0.4) is 0 Å². The zero-order valence-corrected chi connectivity index (χ0v) is 13.1. The Morgan fingerprint density at radius 2 is 2.10 bits per heavy atom. The van der Waals surface area contributed by atoms with E-state index in [1.54, 1.807) is 4.90 Å². The molecule has 2 unspecified atom stereocenters. The maximum atomic E-state index is 12.1. The predicted molar refractivity (Wildman–Crippen MR) is 79.0 cm³/mol. The van der Waals surface area contributed by atoms with Crippen LogP contribution >= 0.6 is 0 Å². The molecule has 21 heavy (non-hydrogen) atoms. The first-order valence-corrected chi connectivity index (χ1v) is 7.63. The first kappa shape index (κ1) is 15.9. The van der Waals surface area contributed by atoms with Gasteiger partial charge < -0.3 is 14.7 Å². The van der Waals surface area contributed by atoms with E-state index in [0.717, 1.165) is 19.3 Å². The van der Waals surface area contributed by atoms with Gasteiger partial charge in [-0.2, -0.15) is 0 Å². The third kappa shape index (κ3) is 3.39. The molecule has 0 saturated carbocycles. The van der Waals surface area contributed by atoms with Gasteiger partial charge in [0.2, 0.25) is 0 Å². The number of carbonyl (C=O) groups is 2. The Bertz CT molecular complexity index is 452. The van der Waals surface area contributed by atoms with Crippen LogP contribution in [-0.2, 0) is 9.53 Å². The number of rotatable bonds is 2. The summed E-state index contributed by atoms with van der Waals surface area (Å²) in [5, 5.41) is 9.74. The minimum atomic E-state index is -0.853. The second-order valence-corrected chi connectivity index (χ2v) is 7.08. The maximum Gasteiger partial charge on any atom is 0.410 e. The molecule has 118 valence electrons. The number of ether oxygens (including phenoxy) is 1. The van der Waals surface area contributed by atoms with E-state index in [1.165, 1.54) is 0 Å². The van der Waals surface area contributed by atoms with Crippen LogP contribution in [0.4, 0.5) is 4.79 Å². The number of carboxylic acid groups (broad SMARTS) is 1. The van der Waals surface area contributed by atoms with Gasteiger partial charge in [-0.3, -0.25) is 4.79 Å². The number of nitrogens with zero attached hydrogens (tertiary/aromatic N) is 1. The first-order chi connectivity index (χ1) is 9.74. The molecule has 2 aliphatic rings. The Morgan fingerprint density at radius 1 is 1.38 bits per heavy atom. The summed E-state index contributed by atoms with van der Waals surface area (Å²) < 4.78 is 5.36. The van der Waals surface area contributed by atoms with Crippen molar-refractivity contribution >= 4 is 12.1 Å². The van der Waals surface area contributed by atoms with E-state index in [9.17, 15) is 14.7 Å². The smallest absolute Gasteiger partial charge is 0.410 e. The number of carbonyl (C=O) groups excluding carboxylic acids is 1. The lowest BCUT2D eigenvalue weighted by Crippen LogP contribution is -2.43. The van der Waals surface area contributed by atoms with Crippen molar-refractivity contribution in [3.8, 4) is 0 Å². The van der Waals surface area contributed by atoms with E-state index >= 15 is 0 Å².